The summed E-state index contributed by atoms with van der Waals surface area (Å²) in [5.74, 6) is -3.04. The minimum atomic E-state index is -1.88. The molecule has 0 aliphatic carbocycles. The van der Waals surface area contributed by atoms with Gasteiger partial charge in [-0.15, -0.1) is 0 Å². The Bertz CT molecular complexity index is 195. The van der Waals surface area contributed by atoms with Crippen molar-refractivity contribution in [1.29, 1.82) is 0 Å². The van der Waals surface area contributed by atoms with Crippen molar-refractivity contribution in [3.63, 3.8) is 0 Å². The van der Waals surface area contributed by atoms with E-state index in [0.717, 1.165) is 0 Å². The molecule has 0 saturated carbocycles. The third-order valence-corrected chi connectivity index (χ3v) is 1.52. The van der Waals surface area contributed by atoms with Gasteiger partial charge >= 0.3 is 0 Å². The zero-order valence-electron chi connectivity index (χ0n) is 5.98. The second-order valence-electron chi connectivity index (χ2n) is 2.51. The number of aliphatic hydroxyl groups is 4. The maximum Gasteiger partial charge on any atom is 0.226 e. The Hall–Kier alpha value is -0.780. The largest absolute Gasteiger partial charge is 0.506 e. The van der Waals surface area contributed by atoms with Crippen LogP contribution in [-0.2, 0) is 4.74 Å². The molecule has 64 valence electrons. The van der Waals surface area contributed by atoms with Gasteiger partial charge in [0.25, 0.3) is 0 Å². The average Bonchev–Trinajstić information content (AvgIpc) is 2.13. The molecule has 1 heterocycles. The summed E-state index contributed by atoms with van der Waals surface area (Å²) in [5.41, 5.74) is 0. The van der Waals surface area contributed by atoms with Crippen molar-refractivity contribution in [2.75, 3.05) is 6.61 Å². The molecule has 0 aromatic carbocycles. The van der Waals surface area contributed by atoms with Crippen molar-refractivity contribution in [1.82, 2.24) is 0 Å². The molecule has 0 aromatic rings. The van der Waals surface area contributed by atoms with Crippen LogP contribution in [0.15, 0.2) is 11.5 Å². The van der Waals surface area contributed by atoms with Crippen molar-refractivity contribution in [3.05, 3.63) is 11.5 Å². The van der Waals surface area contributed by atoms with Gasteiger partial charge in [-0.3, -0.25) is 0 Å². The van der Waals surface area contributed by atoms with Gasteiger partial charge in [-0.25, -0.2) is 0 Å². The maximum atomic E-state index is 9.13. The molecule has 2 unspecified atom stereocenters. The summed E-state index contributed by atoms with van der Waals surface area (Å²) >= 11 is 0. The van der Waals surface area contributed by atoms with Gasteiger partial charge in [0.2, 0.25) is 5.79 Å². The quantitative estimate of drug-likeness (QED) is 0.414. The molecule has 4 N–H and O–H groups in total. The molecule has 0 radical (unpaired) electrons. The van der Waals surface area contributed by atoms with Crippen molar-refractivity contribution >= 4 is 0 Å². The van der Waals surface area contributed by atoms with Crippen LogP contribution in [0.5, 0.6) is 0 Å². The zero-order valence-corrected chi connectivity index (χ0v) is 5.98. The van der Waals surface area contributed by atoms with E-state index in [4.69, 9.17) is 20.4 Å². The second kappa shape index (κ2) is 2.37. The fourth-order valence-electron chi connectivity index (χ4n) is 0.902. The van der Waals surface area contributed by atoms with E-state index in [1.54, 1.807) is 0 Å². The Morgan fingerprint density at radius 3 is 2.27 bits per heavy atom. The van der Waals surface area contributed by atoms with Crippen molar-refractivity contribution in [2.45, 2.75) is 18.8 Å². The van der Waals surface area contributed by atoms with E-state index in [1.807, 2.05) is 0 Å². The van der Waals surface area contributed by atoms with Crippen LogP contribution in [0.4, 0.5) is 0 Å². The van der Waals surface area contributed by atoms with Crippen LogP contribution in [-0.4, -0.2) is 38.9 Å². The highest BCUT2D eigenvalue weighted by molar-refractivity contribution is 5.17. The topological polar surface area (TPSA) is 90.2 Å². The van der Waals surface area contributed by atoms with E-state index in [0.29, 0.717) is 0 Å². The SMILES string of the molecule is CC1(O)OC(CO)C(O)=C1O. The molecule has 1 rings (SSSR count). The Morgan fingerprint density at radius 1 is 1.55 bits per heavy atom. The highest BCUT2D eigenvalue weighted by Gasteiger charge is 2.42. The van der Waals surface area contributed by atoms with Crippen LogP contribution in [0.3, 0.4) is 0 Å². The van der Waals surface area contributed by atoms with Crippen molar-refractivity contribution < 1.29 is 25.2 Å². The number of ether oxygens (including phenoxy) is 1. The van der Waals surface area contributed by atoms with Gasteiger partial charge in [0.1, 0.15) is 6.10 Å². The summed E-state index contributed by atoms with van der Waals surface area (Å²) in [7, 11) is 0. The number of hydrogen-bond donors (Lipinski definition) is 4. The van der Waals surface area contributed by atoms with Crippen LogP contribution in [0.1, 0.15) is 6.92 Å². The summed E-state index contributed by atoms with van der Waals surface area (Å²) in [4.78, 5) is 0. The van der Waals surface area contributed by atoms with E-state index >= 15 is 0 Å². The van der Waals surface area contributed by atoms with Crippen LogP contribution < -0.4 is 0 Å². The lowest BCUT2D eigenvalue weighted by molar-refractivity contribution is -0.187. The lowest BCUT2D eigenvalue weighted by Gasteiger charge is -2.16. The van der Waals surface area contributed by atoms with E-state index in [2.05, 4.69) is 4.74 Å². The number of hydrogen-bond acceptors (Lipinski definition) is 5. The first-order chi connectivity index (χ1) is 4.99. The first-order valence-electron chi connectivity index (χ1n) is 3.12. The molecule has 0 aromatic heterocycles. The minimum absolute atomic E-state index is 0.480. The summed E-state index contributed by atoms with van der Waals surface area (Å²) in [6.07, 6.45) is -1.02. The van der Waals surface area contributed by atoms with E-state index in [9.17, 15) is 0 Å². The summed E-state index contributed by atoms with van der Waals surface area (Å²) in [5, 5.41) is 35.6. The molecule has 1 aliphatic rings. The number of aliphatic hydroxyl groups excluding tert-OH is 3. The van der Waals surface area contributed by atoms with E-state index in [1.165, 1.54) is 6.92 Å². The molecule has 5 nitrogen and oxygen atoms in total. The van der Waals surface area contributed by atoms with Gasteiger partial charge in [0.15, 0.2) is 11.5 Å². The van der Waals surface area contributed by atoms with E-state index < -0.39 is 30.0 Å². The van der Waals surface area contributed by atoms with Crippen LogP contribution in [0, 0.1) is 0 Å². The first-order valence-corrected chi connectivity index (χ1v) is 3.12. The third-order valence-electron chi connectivity index (χ3n) is 1.52. The number of rotatable bonds is 1. The van der Waals surface area contributed by atoms with Gasteiger partial charge in [-0.05, 0) is 6.92 Å². The van der Waals surface area contributed by atoms with Crippen LogP contribution in [0.25, 0.3) is 0 Å². The second-order valence-corrected chi connectivity index (χ2v) is 2.51. The Morgan fingerprint density at radius 2 is 2.09 bits per heavy atom. The first kappa shape index (κ1) is 8.32. The fourth-order valence-corrected chi connectivity index (χ4v) is 0.902. The van der Waals surface area contributed by atoms with Crippen molar-refractivity contribution in [2.24, 2.45) is 0 Å². The maximum absolute atomic E-state index is 9.13. The van der Waals surface area contributed by atoms with Crippen LogP contribution >= 0.6 is 0 Å². The minimum Gasteiger partial charge on any atom is -0.506 e. The predicted molar refractivity (Wildman–Crippen MR) is 34.9 cm³/mol. The molecule has 0 spiro atoms. The van der Waals surface area contributed by atoms with Gasteiger partial charge in [0.05, 0.1) is 6.61 Å². The van der Waals surface area contributed by atoms with Crippen molar-refractivity contribution in [3.8, 4) is 0 Å². The summed E-state index contributed by atoms with van der Waals surface area (Å²) < 4.78 is 4.65. The Balaban J connectivity index is 2.89. The molecule has 1 aliphatic heterocycles. The molecule has 0 saturated heterocycles. The molecule has 0 bridgehead atoms. The third kappa shape index (κ3) is 1.18. The molecule has 0 fully saturated rings. The van der Waals surface area contributed by atoms with Gasteiger partial charge in [-0.2, -0.15) is 0 Å². The fraction of sp³-hybridized carbons (Fsp3) is 0.667. The Labute approximate surface area is 63.2 Å². The highest BCUT2D eigenvalue weighted by Crippen LogP contribution is 2.30. The molecule has 5 heteroatoms. The van der Waals surface area contributed by atoms with E-state index in [-0.39, 0.29) is 0 Å². The predicted octanol–water partition coefficient (Wildman–Crippen LogP) is -0.586. The monoisotopic (exact) mass is 162 g/mol. The zero-order chi connectivity index (χ0) is 8.65. The molecule has 0 amide bonds. The molecule has 2 atom stereocenters. The molecular weight excluding hydrogens is 152 g/mol. The highest BCUT2D eigenvalue weighted by atomic mass is 16.7. The molecule has 11 heavy (non-hydrogen) atoms. The standard InChI is InChI=1S/C6H10O5/c1-6(10)5(9)4(8)3(2-7)11-6/h3,7-10H,2H2,1H3. The normalized spacial score (nSPS) is 38.3. The lowest BCUT2D eigenvalue weighted by Crippen LogP contribution is -2.29. The smallest absolute Gasteiger partial charge is 0.226 e. The summed E-state index contributed by atoms with van der Waals surface area (Å²) in [6.45, 7) is 0.695. The van der Waals surface area contributed by atoms with Gasteiger partial charge < -0.3 is 25.2 Å². The van der Waals surface area contributed by atoms with Gasteiger partial charge in [0, 0.05) is 0 Å². The van der Waals surface area contributed by atoms with Gasteiger partial charge in [-0.1, -0.05) is 0 Å². The van der Waals surface area contributed by atoms with Crippen LogP contribution in [0.2, 0.25) is 0 Å². The molecular formula is C6H10O5. The summed E-state index contributed by atoms with van der Waals surface area (Å²) in [6, 6.07) is 0. The Kier molecular flexibility index (Phi) is 1.79. The average molecular weight is 162 g/mol. The lowest BCUT2D eigenvalue weighted by atomic mass is 10.2.